The second-order valence-electron chi connectivity index (χ2n) is 6.35. The van der Waals surface area contributed by atoms with Gasteiger partial charge in [0.05, 0.1) is 0 Å². The van der Waals surface area contributed by atoms with Crippen molar-refractivity contribution in [3.63, 3.8) is 0 Å². The summed E-state index contributed by atoms with van der Waals surface area (Å²) in [5.41, 5.74) is 0.369. The molecule has 0 fully saturated rings. The van der Waals surface area contributed by atoms with E-state index in [0.717, 1.165) is 5.56 Å². The second-order valence-corrected chi connectivity index (χ2v) is 6.35. The average Bonchev–Trinajstić information content (AvgIpc) is 2.14. The molecule has 0 aromatic heterocycles. The van der Waals surface area contributed by atoms with Crippen LogP contribution in [0.2, 0.25) is 0 Å². The van der Waals surface area contributed by atoms with E-state index >= 15 is 0 Å². The summed E-state index contributed by atoms with van der Waals surface area (Å²) < 4.78 is 0. The summed E-state index contributed by atoms with van der Waals surface area (Å²) in [6.07, 6.45) is 0. The molecule has 0 saturated carbocycles. The SMILES string of the molecule is CC(C)(C)N(C(=O)c1ccccc1)C(C)(C)C. The Balaban J connectivity index is 3.14. The topological polar surface area (TPSA) is 20.3 Å². The molecule has 1 rings (SSSR count). The Morgan fingerprint density at radius 2 is 1.29 bits per heavy atom. The van der Waals surface area contributed by atoms with Crippen LogP contribution in [0.1, 0.15) is 51.9 Å². The molecule has 0 heterocycles. The lowest BCUT2D eigenvalue weighted by Gasteiger charge is -2.45. The van der Waals surface area contributed by atoms with Crippen LogP contribution in [-0.2, 0) is 0 Å². The van der Waals surface area contributed by atoms with Crippen LogP contribution in [0, 0.1) is 0 Å². The molecule has 2 heteroatoms. The molecular formula is C15H23NO. The van der Waals surface area contributed by atoms with Crippen molar-refractivity contribution in [1.29, 1.82) is 0 Å². The fraction of sp³-hybridized carbons (Fsp3) is 0.533. The third-order valence-corrected chi connectivity index (χ3v) is 2.57. The Morgan fingerprint density at radius 3 is 1.65 bits per heavy atom. The van der Waals surface area contributed by atoms with E-state index in [1.807, 2.05) is 35.2 Å². The van der Waals surface area contributed by atoms with Crippen LogP contribution in [-0.4, -0.2) is 21.9 Å². The van der Waals surface area contributed by atoms with E-state index in [9.17, 15) is 4.79 Å². The van der Waals surface area contributed by atoms with Crippen LogP contribution in [0.25, 0.3) is 0 Å². The van der Waals surface area contributed by atoms with Gasteiger partial charge in [0.15, 0.2) is 0 Å². The van der Waals surface area contributed by atoms with Gasteiger partial charge in [-0.25, -0.2) is 0 Å². The van der Waals surface area contributed by atoms with Crippen molar-refractivity contribution in [2.75, 3.05) is 0 Å². The molecule has 1 aromatic carbocycles. The van der Waals surface area contributed by atoms with E-state index in [4.69, 9.17) is 0 Å². The van der Waals surface area contributed by atoms with Gasteiger partial charge in [0.2, 0.25) is 0 Å². The first-order chi connectivity index (χ1) is 7.64. The standard InChI is InChI=1S/C15H23NO/c1-14(2,3)16(15(4,5)6)13(17)12-10-8-7-9-11-12/h7-11H,1-6H3. The average molecular weight is 233 g/mol. The van der Waals surface area contributed by atoms with Crippen molar-refractivity contribution in [3.05, 3.63) is 35.9 Å². The zero-order valence-electron chi connectivity index (χ0n) is 11.7. The van der Waals surface area contributed by atoms with Crippen LogP contribution in [0.3, 0.4) is 0 Å². The molecular weight excluding hydrogens is 210 g/mol. The van der Waals surface area contributed by atoms with Gasteiger partial charge in [0.25, 0.3) is 5.91 Å². The fourth-order valence-corrected chi connectivity index (χ4v) is 2.33. The van der Waals surface area contributed by atoms with Crippen molar-refractivity contribution in [2.24, 2.45) is 0 Å². The Kier molecular flexibility index (Phi) is 3.65. The van der Waals surface area contributed by atoms with E-state index < -0.39 is 0 Å². The molecule has 2 nitrogen and oxygen atoms in total. The molecule has 1 aromatic rings. The number of hydrogen-bond acceptors (Lipinski definition) is 1. The van der Waals surface area contributed by atoms with Crippen molar-refractivity contribution >= 4 is 5.91 Å². The molecule has 94 valence electrons. The summed E-state index contributed by atoms with van der Waals surface area (Å²) in [6.45, 7) is 12.4. The highest BCUT2D eigenvalue weighted by Gasteiger charge is 2.35. The lowest BCUT2D eigenvalue weighted by molar-refractivity contribution is 0.0271. The van der Waals surface area contributed by atoms with Gasteiger partial charge in [-0.1, -0.05) is 18.2 Å². The molecule has 17 heavy (non-hydrogen) atoms. The maximum Gasteiger partial charge on any atom is 0.254 e. The van der Waals surface area contributed by atoms with Gasteiger partial charge in [0, 0.05) is 16.6 Å². The molecule has 0 atom stereocenters. The van der Waals surface area contributed by atoms with Crippen molar-refractivity contribution in [1.82, 2.24) is 4.90 Å². The molecule has 0 aliphatic carbocycles. The number of rotatable bonds is 1. The lowest BCUT2D eigenvalue weighted by Crippen LogP contribution is -2.55. The van der Waals surface area contributed by atoms with E-state index in [2.05, 4.69) is 41.5 Å². The maximum absolute atomic E-state index is 12.6. The van der Waals surface area contributed by atoms with Crippen LogP contribution >= 0.6 is 0 Å². The van der Waals surface area contributed by atoms with Crippen LogP contribution in [0.4, 0.5) is 0 Å². The number of carbonyl (C=O) groups is 1. The molecule has 1 amide bonds. The van der Waals surface area contributed by atoms with Gasteiger partial charge >= 0.3 is 0 Å². The number of nitrogens with zero attached hydrogens (tertiary/aromatic N) is 1. The zero-order valence-corrected chi connectivity index (χ0v) is 11.7. The van der Waals surface area contributed by atoms with Gasteiger partial charge < -0.3 is 4.90 Å². The molecule has 0 spiro atoms. The molecule has 0 aliphatic heterocycles. The van der Waals surface area contributed by atoms with E-state index in [1.165, 1.54) is 0 Å². The highest BCUT2D eigenvalue weighted by atomic mass is 16.2. The van der Waals surface area contributed by atoms with Gasteiger partial charge in [0.1, 0.15) is 0 Å². The highest BCUT2D eigenvalue weighted by molar-refractivity contribution is 5.95. The largest absolute Gasteiger partial charge is 0.329 e. The molecule has 0 radical (unpaired) electrons. The summed E-state index contributed by atoms with van der Waals surface area (Å²) in [4.78, 5) is 14.5. The first-order valence-corrected chi connectivity index (χ1v) is 6.04. The molecule has 0 unspecified atom stereocenters. The Labute approximate surface area is 105 Å². The van der Waals surface area contributed by atoms with Gasteiger partial charge in [-0.2, -0.15) is 0 Å². The normalized spacial score (nSPS) is 12.4. The third-order valence-electron chi connectivity index (χ3n) is 2.57. The van der Waals surface area contributed by atoms with Gasteiger partial charge in [-0.15, -0.1) is 0 Å². The first kappa shape index (κ1) is 13.8. The zero-order chi connectivity index (χ0) is 13.3. The Hall–Kier alpha value is -1.31. The van der Waals surface area contributed by atoms with Crippen molar-refractivity contribution < 1.29 is 4.79 Å². The highest BCUT2D eigenvalue weighted by Crippen LogP contribution is 2.26. The monoisotopic (exact) mass is 233 g/mol. The smallest absolute Gasteiger partial charge is 0.254 e. The first-order valence-electron chi connectivity index (χ1n) is 6.04. The van der Waals surface area contributed by atoms with Crippen LogP contribution in [0.5, 0.6) is 0 Å². The predicted molar refractivity (Wildman–Crippen MR) is 72.1 cm³/mol. The van der Waals surface area contributed by atoms with Crippen molar-refractivity contribution in [2.45, 2.75) is 52.6 Å². The minimum Gasteiger partial charge on any atom is -0.329 e. The minimum absolute atomic E-state index is 0.0885. The summed E-state index contributed by atoms with van der Waals surface area (Å²) in [6, 6.07) is 9.46. The summed E-state index contributed by atoms with van der Waals surface area (Å²) in [5.74, 6) is 0.0885. The fourth-order valence-electron chi connectivity index (χ4n) is 2.33. The molecule has 0 aliphatic rings. The molecule has 0 bridgehead atoms. The van der Waals surface area contributed by atoms with Crippen molar-refractivity contribution in [3.8, 4) is 0 Å². The predicted octanol–water partition coefficient (Wildman–Crippen LogP) is 3.73. The molecule has 0 N–H and O–H groups in total. The summed E-state index contributed by atoms with van der Waals surface area (Å²) >= 11 is 0. The third kappa shape index (κ3) is 3.32. The minimum atomic E-state index is -0.189. The second kappa shape index (κ2) is 4.52. The van der Waals surface area contributed by atoms with Crippen LogP contribution < -0.4 is 0 Å². The number of carbonyl (C=O) groups excluding carboxylic acids is 1. The van der Waals surface area contributed by atoms with E-state index in [-0.39, 0.29) is 17.0 Å². The Morgan fingerprint density at radius 1 is 0.882 bits per heavy atom. The molecule has 0 saturated heterocycles. The summed E-state index contributed by atoms with van der Waals surface area (Å²) in [5, 5.41) is 0. The van der Waals surface area contributed by atoms with E-state index in [1.54, 1.807) is 0 Å². The maximum atomic E-state index is 12.6. The number of hydrogen-bond donors (Lipinski definition) is 0. The number of amides is 1. The number of benzene rings is 1. The van der Waals surface area contributed by atoms with E-state index in [0.29, 0.717) is 0 Å². The lowest BCUT2D eigenvalue weighted by atomic mass is 9.94. The summed E-state index contributed by atoms with van der Waals surface area (Å²) in [7, 11) is 0. The quantitative estimate of drug-likeness (QED) is 0.724. The van der Waals surface area contributed by atoms with Crippen LogP contribution in [0.15, 0.2) is 30.3 Å². The van der Waals surface area contributed by atoms with Gasteiger partial charge in [-0.05, 0) is 53.7 Å². The van der Waals surface area contributed by atoms with Gasteiger partial charge in [-0.3, -0.25) is 4.79 Å². The Bertz CT molecular complexity index is 368.